The van der Waals surface area contributed by atoms with Gasteiger partial charge in [-0.15, -0.1) is 0 Å². The molecule has 0 radical (unpaired) electrons. The van der Waals surface area contributed by atoms with E-state index in [0.29, 0.717) is 29.1 Å². The predicted molar refractivity (Wildman–Crippen MR) is 71.4 cm³/mol. The van der Waals surface area contributed by atoms with Crippen LogP contribution in [0.15, 0.2) is 41.2 Å². The van der Waals surface area contributed by atoms with Gasteiger partial charge in [-0.1, -0.05) is 6.07 Å². The minimum absolute atomic E-state index is 0.150. The predicted octanol–water partition coefficient (Wildman–Crippen LogP) is 1.97. The molecule has 6 nitrogen and oxygen atoms in total. The molecule has 0 unspecified atom stereocenters. The average Bonchev–Trinajstić information content (AvgIpc) is 2.88. The first-order valence-electron chi connectivity index (χ1n) is 5.69. The van der Waals surface area contributed by atoms with E-state index in [4.69, 9.17) is 20.6 Å². The Balaban J connectivity index is 1.99. The van der Waals surface area contributed by atoms with Crippen molar-refractivity contribution in [3.8, 4) is 5.75 Å². The zero-order chi connectivity index (χ0) is 13.2. The van der Waals surface area contributed by atoms with E-state index in [-0.39, 0.29) is 5.95 Å². The maximum atomic E-state index is 5.88. The van der Waals surface area contributed by atoms with Crippen LogP contribution in [-0.4, -0.2) is 9.97 Å². The van der Waals surface area contributed by atoms with Crippen molar-refractivity contribution in [3.05, 3.63) is 42.4 Å². The zero-order valence-corrected chi connectivity index (χ0v) is 10.0. The monoisotopic (exact) mass is 256 g/mol. The lowest BCUT2D eigenvalue weighted by atomic mass is 10.2. The first-order chi connectivity index (χ1) is 9.24. The molecule has 0 fully saturated rings. The third-order valence-electron chi connectivity index (χ3n) is 2.70. The van der Waals surface area contributed by atoms with Crippen LogP contribution in [0.25, 0.3) is 10.9 Å². The third kappa shape index (κ3) is 2.15. The minimum atomic E-state index is 0.150. The van der Waals surface area contributed by atoms with E-state index in [9.17, 15) is 0 Å². The van der Waals surface area contributed by atoms with Gasteiger partial charge in [-0.05, 0) is 18.2 Å². The fourth-order valence-electron chi connectivity index (χ4n) is 1.85. The number of nitrogens with two attached hydrogens (primary N) is 2. The van der Waals surface area contributed by atoms with E-state index in [2.05, 4.69) is 9.97 Å². The van der Waals surface area contributed by atoms with Crippen LogP contribution in [0.3, 0.4) is 0 Å². The van der Waals surface area contributed by atoms with Crippen LogP contribution < -0.4 is 16.2 Å². The molecule has 0 atom stereocenters. The largest absolute Gasteiger partial charge is 0.488 e. The number of benzene rings is 1. The number of aromatic nitrogens is 2. The zero-order valence-electron chi connectivity index (χ0n) is 10.0. The normalized spacial score (nSPS) is 10.7. The number of ether oxygens (including phenoxy) is 1. The molecule has 0 aliphatic rings. The summed E-state index contributed by atoms with van der Waals surface area (Å²) in [6, 6.07) is 7.30. The number of rotatable bonds is 3. The van der Waals surface area contributed by atoms with Gasteiger partial charge in [-0.3, -0.25) is 0 Å². The summed E-state index contributed by atoms with van der Waals surface area (Å²) in [5, 5.41) is 0.667. The van der Waals surface area contributed by atoms with Crippen LogP contribution in [0, 0.1) is 0 Å². The van der Waals surface area contributed by atoms with Crippen LogP contribution >= 0.6 is 0 Å². The minimum Gasteiger partial charge on any atom is -0.488 e. The Hall–Kier alpha value is -2.76. The number of anilines is 2. The van der Waals surface area contributed by atoms with Crippen LogP contribution in [-0.2, 0) is 6.61 Å². The van der Waals surface area contributed by atoms with E-state index >= 15 is 0 Å². The van der Waals surface area contributed by atoms with Crippen LogP contribution in [0.5, 0.6) is 5.75 Å². The highest BCUT2D eigenvalue weighted by Crippen LogP contribution is 2.29. The second kappa shape index (κ2) is 4.49. The summed E-state index contributed by atoms with van der Waals surface area (Å²) >= 11 is 0. The second-order valence-corrected chi connectivity index (χ2v) is 4.04. The van der Waals surface area contributed by atoms with Gasteiger partial charge in [0.2, 0.25) is 5.95 Å². The maximum Gasteiger partial charge on any atom is 0.222 e. The molecule has 1 aromatic carbocycles. The molecule has 0 spiro atoms. The number of furan rings is 1. The summed E-state index contributed by atoms with van der Waals surface area (Å²) < 4.78 is 10.7. The molecule has 0 saturated carbocycles. The van der Waals surface area contributed by atoms with Gasteiger partial charge >= 0.3 is 0 Å². The van der Waals surface area contributed by atoms with Gasteiger partial charge in [0.1, 0.15) is 18.2 Å². The molecule has 4 N–H and O–H groups in total. The summed E-state index contributed by atoms with van der Waals surface area (Å²) in [6.45, 7) is 0.388. The van der Waals surface area contributed by atoms with E-state index in [1.54, 1.807) is 12.5 Å². The van der Waals surface area contributed by atoms with E-state index < -0.39 is 0 Å². The van der Waals surface area contributed by atoms with Crippen molar-refractivity contribution in [1.29, 1.82) is 0 Å². The highest BCUT2D eigenvalue weighted by Gasteiger charge is 2.09. The summed E-state index contributed by atoms with van der Waals surface area (Å²) in [5.74, 6) is 1.08. The van der Waals surface area contributed by atoms with Gasteiger partial charge in [-0.2, -0.15) is 4.98 Å². The summed E-state index contributed by atoms with van der Waals surface area (Å²) in [6.07, 6.45) is 3.23. The van der Waals surface area contributed by atoms with Crippen molar-refractivity contribution in [2.45, 2.75) is 6.61 Å². The fourth-order valence-corrected chi connectivity index (χ4v) is 1.85. The standard InChI is InChI=1S/C13H12N4O2/c14-12-11-9(16-13(15)17-12)2-1-3-10(11)19-7-8-4-5-18-6-8/h1-6H,7H2,(H4,14,15,16,17). The topological polar surface area (TPSA) is 100 Å². The highest BCUT2D eigenvalue weighted by atomic mass is 16.5. The second-order valence-electron chi connectivity index (χ2n) is 4.04. The molecule has 0 amide bonds. The molecule has 0 bridgehead atoms. The smallest absolute Gasteiger partial charge is 0.222 e. The van der Waals surface area contributed by atoms with Crippen molar-refractivity contribution >= 4 is 22.7 Å². The number of nitrogen functional groups attached to an aromatic ring is 2. The first kappa shape index (κ1) is 11.3. The van der Waals surface area contributed by atoms with Crippen LogP contribution in [0.4, 0.5) is 11.8 Å². The number of nitrogens with zero attached hydrogens (tertiary/aromatic N) is 2. The van der Waals surface area contributed by atoms with Gasteiger partial charge in [0, 0.05) is 5.56 Å². The molecule has 0 aliphatic carbocycles. The van der Waals surface area contributed by atoms with Crippen molar-refractivity contribution in [3.63, 3.8) is 0 Å². The van der Waals surface area contributed by atoms with Crippen LogP contribution in [0.2, 0.25) is 0 Å². The fraction of sp³-hybridized carbons (Fsp3) is 0.0769. The molecule has 0 saturated heterocycles. The van der Waals surface area contributed by atoms with Gasteiger partial charge in [0.05, 0.1) is 23.4 Å². The van der Waals surface area contributed by atoms with Gasteiger partial charge in [0.15, 0.2) is 0 Å². The Kier molecular flexibility index (Phi) is 2.68. The average molecular weight is 256 g/mol. The Morgan fingerprint density at radius 3 is 2.84 bits per heavy atom. The Morgan fingerprint density at radius 1 is 1.16 bits per heavy atom. The molecular formula is C13H12N4O2. The lowest BCUT2D eigenvalue weighted by Crippen LogP contribution is -2.02. The van der Waals surface area contributed by atoms with Crippen molar-refractivity contribution in [2.24, 2.45) is 0 Å². The molecule has 3 rings (SSSR count). The van der Waals surface area contributed by atoms with E-state index in [1.165, 1.54) is 0 Å². The van der Waals surface area contributed by atoms with E-state index in [0.717, 1.165) is 5.56 Å². The SMILES string of the molecule is Nc1nc(N)c2c(OCc3ccoc3)cccc2n1. The Morgan fingerprint density at radius 2 is 2.05 bits per heavy atom. The van der Waals surface area contributed by atoms with Crippen molar-refractivity contribution < 1.29 is 9.15 Å². The molecule has 96 valence electrons. The maximum absolute atomic E-state index is 5.88. The Labute approximate surface area is 109 Å². The Bertz CT molecular complexity index is 710. The van der Waals surface area contributed by atoms with Crippen molar-refractivity contribution in [1.82, 2.24) is 9.97 Å². The van der Waals surface area contributed by atoms with Crippen molar-refractivity contribution in [2.75, 3.05) is 11.5 Å². The molecule has 2 heterocycles. The summed E-state index contributed by atoms with van der Waals surface area (Å²) in [7, 11) is 0. The molecule has 0 aliphatic heterocycles. The first-order valence-corrected chi connectivity index (χ1v) is 5.69. The van der Waals surface area contributed by atoms with Crippen LogP contribution in [0.1, 0.15) is 5.56 Å². The molecule has 6 heteroatoms. The quantitative estimate of drug-likeness (QED) is 0.743. The van der Waals surface area contributed by atoms with Gasteiger partial charge in [-0.25, -0.2) is 4.98 Å². The number of hydrogen-bond acceptors (Lipinski definition) is 6. The van der Waals surface area contributed by atoms with Gasteiger partial charge < -0.3 is 20.6 Å². The molecule has 2 aromatic heterocycles. The summed E-state index contributed by atoms with van der Waals surface area (Å²) in [5.41, 5.74) is 13.0. The lowest BCUT2D eigenvalue weighted by Gasteiger charge is -2.09. The highest BCUT2D eigenvalue weighted by molar-refractivity contribution is 5.94. The number of fused-ring (bicyclic) bond motifs is 1. The molecule has 3 aromatic rings. The van der Waals surface area contributed by atoms with E-state index in [1.807, 2.05) is 24.3 Å². The molecule has 19 heavy (non-hydrogen) atoms. The third-order valence-corrected chi connectivity index (χ3v) is 2.70. The number of hydrogen-bond donors (Lipinski definition) is 2. The lowest BCUT2D eigenvalue weighted by molar-refractivity contribution is 0.308. The summed E-state index contributed by atoms with van der Waals surface area (Å²) in [4.78, 5) is 8.08. The molecular weight excluding hydrogens is 244 g/mol. The van der Waals surface area contributed by atoms with Gasteiger partial charge in [0.25, 0.3) is 0 Å².